The molecule has 2 aromatic carbocycles. The van der Waals surface area contributed by atoms with Crippen molar-refractivity contribution in [3.05, 3.63) is 59.9 Å². The van der Waals surface area contributed by atoms with Gasteiger partial charge in [0.2, 0.25) is 5.91 Å². The van der Waals surface area contributed by atoms with Crippen molar-refractivity contribution in [2.75, 3.05) is 24.5 Å². The van der Waals surface area contributed by atoms with Crippen molar-refractivity contribution in [3.8, 4) is 0 Å². The smallest absolute Gasteiger partial charge is 0.221 e. The summed E-state index contributed by atoms with van der Waals surface area (Å²) in [6, 6.07) is 8.26. The van der Waals surface area contributed by atoms with Crippen LogP contribution in [-0.4, -0.2) is 39.2 Å². The molecule has 2 aromatic rings. The summed E-state index contributed by atoms with van der Waals surface area (Å²) in [6.45, 7) is 3.04. The van der Waals surface area contributed by atoms with Crippen molar-refractivity contribution in [3.63, 3.8) is 0 Å². The second-order valence-corrected chi connectivity index (χ2v) is 9.88. The highest BCUT2D eigenvalue weighted by molar-refractivity contribution is 7.92. The number of carbonyl (C=O) groups excluding carboxylic acids is 1. The van der Waals surface area contributed by atoms with Crippen molar-refractivity contribution in [1.29, 1.82) is 0 Å². The molecular formula is C21H23F3N2O3S. The predicted molar refractivity (Wildman–Crippen MR) is 107 cm³/mol. The van der Waals surface area contributed by atoms with E-state index in [4.69, 9.17) is 0 Å². The average molecular weight is 440 g/mol. The van der Waals surface area contributed by atoms with E-state index in [2.05, 4.69) is 5.32 Å². The molecule has 1 fully saturated rings. The Bertz CT molecular complexity index is 1010. The number of carbonyl (C=O) groups is 1. The Kier molecular flexibility index (Phi) is 6.70. The van der Waals surface area contributed by atoms with Gasteiger partial charge in [0.05, 0.1) is 10.1 Å². The zero-order chi connectivity index (χ0) is 21.9. The maximum atomic E-state index is 13.4. The maximum Gasteiger partial charge on any atom is 0.221 e. The van der Waals surface area contributed by atoms with Crippen LogP contribution in [-0.2, 0) is 14.6 Å². The molecule has 0 bridgehead atoms. The van der Waals surface area contributed by atoms with E-state index in [1.807, 2.05) is 4.90 Å². The SMILES string of the molecule is CC(CC(=O)NCC1CCN(c2ccc(F)c(F)c2)C1)S(=O)(=O)c1ccc(F)cc1. The summed E-state index contributed by atoms with van der Waals surface area (Å²) in [7, 11) is -3.74. The quantitative estimate of drug-likeness (QED) is 0.671. The molecule has 1 aliphatic heterocycles. The number of hydrogen-bond acceptors (Lipinski definition) is 4. The fourth-order valence-corrected chi connectivity index (χ4v) is 4.82. The Labute approximate surface area is 173 Å². The minimum Gasteiger partial charge on any atom is -0.371 e. The molecule has 162 valence electrons. The van der Waals surface area contributed by atoms with Crippen molar-refractivity contribution in [1.82, 2.24) is 5.32 Å². The van der Waals surface area contributed by atoms with Crippen LogP contribution in [0.25, 0.3) is 0 Å². The molecule has 0 radical (unpaired) electrons. The van der Waals surface area contributed by atoms with Gasteiger partial charge in [-0.3, -0.25) is 4.79 Å². The molecule has 9 heteroatoms. The molecule has 0 aliphatic carbocycles. The first kappa shape index (κ1) is 22.1. The molecule has 5 nitrogen and oxygen atoms in total. The van der Waals surface area contributed by atoms with E-state index in [1.54, 1.807) is 0 Å². The highest BCUT2D eigenvalue weighted by Crippen LogP contribution is 2.25. The minimum absolute atomic E-state index is 0.0258. The summed E-state index contributed by atoms with van der Waals surface area (Å²) in [5.41, 5.74) is 0.585. The summed E-state index contributed by atoms with van der Waals surface area (Å²) in [5, 5.41) is 1.80. The van der Waals surface area contributed by atoms with Gasteiger partial charge in [-0.25, -0.2) is 21.6 Å². The van der Waals surface area contributed by atoms with E-state index in [-0.39, 0.29) is 23.1 Å². The van der Waals surface area contributed by atoms with Gasteiger partial charge >= 0.3 is 0 Å². The summed E-state index contributed by atoms with van der Waals surface area (Å²) >= 11 is 0. The number of benzene rings is 2. The molecule has 1 saturated heterocycles. The lowest BCUT2D eigenvalue weighted by Crippen LogP contribution is -2.34. The predicted octanol–water partition coefficient (Wildman–Crippen LogP) is 3.30. The standard InChI is InChI=1S/C21H23F3N2O3S/c1-14(30(28,29)18-5-2-16(22)3-6-18)10-21(27)25-12-15-8-9-26(13-15)17-4-7-19(23)20(24)11-17/h2-7,11,14-15H,8-10,12-13H2,1H3,(H,25,27). The third-order valence-corrected chi connectivity index (χ3v) is 7.44. The summed E-state index contributed by atoms with van der Waals surface area (Å²) < 4.78 is 64.6. The fraction of sp³-hybridized carbons (Fsp3) is 0.381. The van der Waals surface area contributed by atoms with Gasteiger partial charge in [0, 0.05) is 37.8 Å². The largest absolute Gasteiger partial charge is 0.371 e. The summed E-state index contributed by atoms with van der Waals surface area (Å²) in [4.78, 5) is 14.1. The van der Waals surface area contributed by atoms with Gasteiger partial charge in [0.15, 0.2) is 21.5 Å². The molecule has 1 aliphatic rings. The number of sulfone groups is 1. The molecular weight excluding hydrogens is 417 g/mol. The number of amides is 1. The molecule has 2 unspecified atom stereocenters. The average Bonchev–Trinajstić information content (AvgIpc) is 3.18. The van der Waals surface area contributed by atoms with Gasteiger partial charge in [0.1, 0.15) is 5.82 Å². The molecule has 30 heavy (non-hydrogen) atoms. The lowest BCUT2D eigenvalue weighted by Gasteiger charge is -2.19. The fourth-order valence-electron chi connectivity index (χ4n) is 3.47. The number of halogens is 3. The van der Waals surface area contributed by atoms with E-state index in [1.165, 1.54) is 25.1 Å². The molecule has 0 spiro atoms. The van der Waals surface area contributed by atoms with Crippen LogP contribution in [0.3, 0.4) is 0 Å². The third kappa shape index (κ3) is 5.13. The zero-order valence-corrected chi connectivity index (χ0v) is 17.3. The van der Waals surface area contributed by atoms with Gasteiger partial charge in [0.25, 0.3) is 0 Å². The number of anilines is 1. The Morgan fingerprint density at radius 2 is 1.83 bits per heavy atom. The van der Waals surface area contributed by atoms with Gasteiger partial charge in [-0.2, -0.15) is 0 Å². The molecule has 0 saturated carbocycles. The highest BCUT2D eigenvalue weighted by atomic mass is 32.2. The van der Waals surface area contributed by atoms with Crippen molar-refractivity contribution < 1.29 is 26.4 Å². The van der Waals surface area contributed by atoms with Crippen LogP contribution in [0.5, 0.6) is 0 Å². The molecule has 2 atom stereocenters. The zero-order valence-electron chi connectivity index (χ0n) is 16.4. The summed E-state index contributed by atoms with van der Waals surface area (Å²) in [6.07, 6.45) is 0.558. The number of rotatable bonds is 7. The third-order valence-electron chi connectivity index (χ3n) is 5.29. The molecule has 3 rings (SSSR count). The lowest BCUT2D eigenvalue weighted by molar-refractivity contribution is -0.121. The maximum absolute atomic E-state index is 13.4. The first-order valence-corrected chi connectivity index (χ1v) is 11.2. The van der Waals surface area contributed by atoms with E-state index in [9.17, 15) is 26.4 Å². The van der Waals surface area contributed by atoms with Gasteiger partial charge < -0.3 is 10.2 Å². The minimum atomic E-state index is -3.74. The van der Waals surface area contributed by atoms with Crippen LogP contribution >= 0.6 is 0 Å². The first-order chi connectivity index (χ1) is 14.2. The summed E-state index contributed by atoms with van der Waals surface area (Å²) in [5.74, 6) is -2.61. The van der Waals surface area contributed by atoms with E-state index >= 15 is 0 Å². The molecule has 0 aromatic heterocycles. The van der Waals surface area contributed by atoms with Crippen LogP contribution in [0, 0.1) is 23.4 Å². The van der Waals surface area contributed by atoms with Crippen LogP contribution in [0.4, 0.5) is 18.9 Å². The van der Waals surface area contributed by atoms with Crippen LogP contribution in [0.1, 0.15) is 19.8 Å². The number of nitrogens with one attached hydrogen (secondary N) is 1. The second-order valence-electron chi connectivity index (χ2n) is 7.52. The van der Waals surface area contributed by atoms with Gasteiger partial charge in [-0.1, -0.05) is 0 Å². The van der Waals surface area contributed by atoms with Crippen molar-refractivity contribution >= 4 is 21.4 Å². The highest BCUT2D eigenvalue weighted by Gasteiger charge is 2.27. The topological polar surface area (TPSA) is 66.5 Å². The monoisotopic (exact) mass is 440 g/mol. The lowest BCUT2D eigenvalue weighted by atomic mass is 10.1. The molecule has 1 N–H and O–H groups in total. The van der Waals surface area contributed by atoms with E-state index in [0.29, 0.717) is 25.3 Å². The van der Waals surface area contributed by atoms with Crippen molar-refractivity contribution in [2.45, 2.75) is 29.9 Å². The molecule has 1 amide bonds. The Hall–Kier alpha value is -2.55. The Morgan fingerprint density at radius 1 is 1.13 bits per heavy atom. The van der Waals surface area contributed by atoms with E-state index < -0.39 is 32.5 Å². The second kappa shape index (κ2) is 9.07. The van der Waals surface area contributed by atoms with Gasteiger partial charge in [-0.05, 0) is 55.7 Å². The number of nitrogens with zero attached hydrogens (tertiary/aromatic N) is 1. The van der Waals surface area contributed by atoms with Gasteiger partial charge in [-0.15, -0.1) is 0 Å². The van der Waals surface area contributed by atoms with E-state index in [0.717, 1.165) is 30.7 Å². The van der Waals surface area contributed by atoms with Crippen LogP contribution in [0.2, 0.25) is 0 Å². The van der Waals surface area contributed by atoms with Crippen molar-refractivity contribution in [2.24, 2.45) is 5.92 Å². The normalized spacial score (nSPS) is 17.7. The first-order valence-electron chi connectivity index (χ1n) is 9.63. The van der Waals surface area contributed by atoms with Crippen LogP contribution < -0.4 is 10.2 Å². The number of hydrogen-bond donors (Lipinski definition) is 1. The molecule has 1 heterocycles. The Morgan fingerprint density at radius 3 is 2.50 bits per heavy atom. The van der Waals surface area contributed by atoms with Crippen LogP contribution in [0.15, 0.2) is 47.4 Å². The Balaban J connectivity index is 1.50.